The molecule has 0 unspecified atom stereocenters. The molecule has 0 heterocycles. The summed E-state index contributed by atoms with van der Waals surface area (Å²) in [6.45, 7) is 2.33. The maximum absolute atomic E-state index is 11.0. The lowest BCUT2D eigenvalue weighted by molar-refractivity contribution is -0.139. The van der Waals surface area contributed by atoms with Crippen molar-refractivity contribution in [2.75, 3.05) is 13.2 Å². The standard InChI is InChI=1S/C12H16O4/c1-3-5-6-10-16-12(14)8-7-11(13)15-9-4-2/h2,7-8H,3,5-6,9-10H2,1H3/b8-7+. The highest BCUT2D eigenvalue weighted by Gasteiger charge is 1.99. The molecule has 16 heavy (non-hydrogen) atoms. The third-order valence-electron chi connectivity index (χ3n) is 1.65. The highest BCUT2D eigenvalue weighted by Crippen LogP contribution is 1.95. The molecule has 0 radical (unpaired) electrons. The summed E-state index contributed by atoms with van der Waals surface area (Å²) >= 11 is 0. The van der Waals surface area contributed by atoms with Crippen LogP contribution in [0.25, 0.3) is 0 Å². The second-order valence-corrected chi connectivity index (χ2v) is 3.02. The van der Waals surface area contributed by atoms with Crippen molar-refractivity contribution in [1.29, 1.82) is 0 Å². The van der Waals surface area contributed by atoms with Crippen molar-refractivity contribution in [2.24, 2.45) is 0 Å². The van der Waals surface area contributed by atoms with Crippen LogP contribution in [0.2, 0.25) is 0 Å². The fourth-order valence-electron chi connectivity index (χ4n) is 0.870. The summed E-state index contributed by atoms with van der Waals surface area (Å²) in [7, 11) is 0. The Balaban J connectivity index is 3.65. The molecule has 0 aliphatic carbocycles. The van der Waals surface area contributed by atoms with Gasteiger partial charge < -0.3 is 9.47 Å². The zero-order valence-corrected chi connectivity index (χ0v) is 9.40. The minimum Gasteiger partial charge on any atom is -0.463 e. The fourth-order valence-corrected chi connectivity index (χ4v) is 0.870. The van der Waals surface area contributed by atoms with Crippen molar-refractivity contribution in [1.82, 2.24) is 0 Å². The Hall–Kier alpha value is -1.76. The summed E-state index contributed by atoms with van der Waals surface area (Å²) in [4.78, 5) is 21.9. The minimum absolute atomic E-state index is 0.102. The Kier molecular flexibility index (Phi) is 8.71. The summed E-state index contributed by atoms with van der Waals surface area (Å²) in [6.07, 6.45) is 9.82. The van der Waals surface area contributed by atoms with Crippen LogP contribution in [-0.4, -0.2) is 25.2 Å². The summed E-state index contributed by atoms with van der Waals surface area (Å²) in [5.41, 5.74) is 0. The van der Waals surface area contributed by atoms with Gasteiger partial charge in [-0.2, -0.15) is 0 Å². The molecule has 0 atom stereocenters. The lowest BCUT2D eigenvalue weighted by Gasteiger charge is -2.00. The molecule has 0 aliphatic heterocycles. The first-order valence-corrected chi connectivity index (χ1v) is 5.15. The van der Waals surface area contributed by atoms with Crippen LogP contribution in [0.3, 0.4) is 0 Å². The molecule has 0 spiro atoms. The third kappa shape index (κ3) is 8.82. The number of ether oxygens (including phenoxy) is 2. The SMILES string of the molecule is C#CCOC(=O)/C=C/C(=O)OCCCCC. The van der Waals surface area contributed by atoms with Crippen molar-refractivity contribution in [2.45, 2.75) is 26.2 Å². The second kappa shape index (κ2) is 9.78. The van der Waals surface area contributed by atoms with Gasteiger partial charge in [0.05, 0.1) is 6.61 Å². The quantitative estimate of drug-likeness (QED) is 0.284. The van der Waals surface area contributed by atoms with Gasteiger partial charge in [0, 0.05) is 12.2 Å². The fraction of sp³-hybridized carbons (Fsp3) is 0.500. The Morgan fingerprint density at radius 2 is 1.81 bits per heavy atom. The van der Waals surface area contributed by atoms with Crippen molar-refractivity contribution in [3.63, 3.8) is 0 Å². The number of carbonyl (C=O) groups is 2. The molecule has 0 fully saturated rings. The van der Waals surface area contributed by atoms with E-state index in [4.69, 9.17) is 11.2 Å². The molecule has 0 amide bonds. The minimum atomic E-state index is -0.650. The van der Waals surface area contributed by atoms with Gasteiger partial charge in [0.2, 0.25) is 0 Å². The summed E-state index contributed by atoms with van der Waals surface area (Å²) in [6, 6.07) is 0. The molecule has 0 aliphatic rings. The van der Waals surface area contributed by atoms with E-state index in [0.29, 0.717) is 6.61 Å². The van der Waals surface area contributed by atoms with Gasteiger partial charge in [-0.05, 0) is 6.42 Å². The first-order chi connectivity index (χ1) is 7.70. The van der Waals surface area contributed by atoms with Gasteiger partial charge in [-0.1, -0.05) is 25.7 Å². The average molecular weight is 224 g/mol. The van der Waals surface area contributed by atoms with Crippen LogP contribution in [0, 0.1) is 12.3 Å². The number of terminal acetylenes is 1. The average Bonchev–Trinajstić information content (AvgIpc) is 2.29. The first-order valence-electron chi connectivity index (χ1n) is 5.15. The third-order valence-corrected chi connectivity index (χ3v) is 1.65. The topological polar surface area (TPSA) is 52.6 Å². The Labute approximate surface area is 95.6 Å². The lowest BCUT2D eigenvalue weighted by Crippen LogP contribution is -2.05. The normalized spacial score (nSPS) is 9.75. The molecule has 0 bridgehead atoms. The van der Waals surface area contributed by atoms with Gasteiger partial charge in [-0.15, -0.1) is 6.42 Å². The summed E-state index contributed by atoms with van der Waals surface area (Å²) in [5, 5.41) is 0. The molecule has 4 nitrogen and oxygen atoms in total. The molecular weight excluding hydrogens is 208 g/mol. The van der Waals surface area contributed by atoms with E-state index in [0.717, 1.165) is 31.4 Å². The number of hydrogen-bond donors (Lipinski definition) is 0. The Bertz CT molecular complexity index is 286. The second-order valence-electron chi connectivity index (χ2n) is 3.02. The molecule has 4 heteroatoms. The van der Waals surface area contributed by atoms with E-state index in [1.165, 1.54) is 0 Å². The van der Waals surface area contributed by atoms with E-state index >= 15 is 0 Å². The van der Waals surface area contributed by atoms with E-state index in [9.17, 15) is 9.59 Å². The van der Waals surface area contributed by atoms with E-state index < -0.39 is 11.9 Å². The van der Waals surface area contributed by atoms with Gasteiger partial charge in [-0.25, -0.2) is 9.59 Å². The van der Waals surface area contributed by atoms with Gasteiger partial charge >= 0.3 is 11.9 Å². The molecular formula is C12H16O4. The maximum atomic E-state index is 11.0. The smallest absolute Gasteiger partial charge is 0.331 e. The largest absolute Gasteiger partial charge is 0.463 e. The van der Waals surface area contributed by atoms with Gasteiger partial charge in [0.15, 0.2) is 6.61 Å². The van der Waals surface area contributed by atoms with Crippen LogP contribution in [0.15, 0.2) is 12.2 Å². The molecule has 88 valence electrons. The van der Waals surface area contributed by atoms with Crippen LogP contribution >= 0.6 is 0 Å². The monoisotopic (exact) mass is 224 g/mol. The zero-order valence-electron chi connectivity index (χ0n) is 9.40. The van der Waals surface area contributed by atoms with Crippen molar-refractivity contribution in [3.05, 3.63) is 12.2 Å². The highest BCUT2D eigenvalue weighted by atomic mass is 16.5. The van der Waals surface area contributed by atoms with Crippen LogP contribution in [0.5, 0.6) is 0 Å². The number of unbranched alkanes of at least 4 members (excludes halogenated alkanes) is 2. The molecule has 0 saturated carbocycles. The number of hydrogen-bond acceptors (Lipinski definition) is 4. The van der Waals surface area contributed by atoms with E-state index in [1.807, 2.05) is 0 Å². The number of esters is 2. The number of carbonyl (C=O) groups excluding carboxylic acids is 2. The van der Waals surface area contributed by atoms with Crippen LogP contribution in [0.4, 0.5) is 0 Å². The van der Waals surface area contributed by atoms with Gasteiger partial charge in [0.25, 0.3) is 0 Å². The van der Waals surface area contributed by atoms with Crippen molar-refractivity contribution >= 4 is 11.9 Å². The predicted octanol–water partition coefficient (Wildman–Crippen LogP) is 1.45. The summed E-state index contributed by atoms with van der Waals surface area (Å²) < 4.78 is 9.34. The highest BCUT2D eigenvalue weighted by molar-refractivity contribution is 5.91. The zero-order chi connectivity index (χ0) is 12.2. The first kappa shape index (κ1) is 14.2. The lowest BCUT2D eigenvalue weighted by atomic mass is 10.3. The Morgan fingerprint density at radius 3 is 2.38 bits per heavy atom. The Morgan fingerprint density at radius 1 is 1.19 bits per heavy atom. The van der Waals surface area contributed by atoms with E-state index in [1.54, 1.807) is 0 Å². The molecule has 0 aromatic carbocycles. The van der Waals surface area contributed by atoms with Crippen LogP contribution in [-0.2, 0) is 19.1 Å². The molecule has 0 rings (SSSR count). The van der Waals surface area contributed by atoms with Gasteiger partial charge in [0.1, 0.15) is 0 Å². The number of rotatable bonds is 7. The molecule has 0 saturated heterocycles. The molecule has 0 N–H and O–H groups in total. The van der Waals surface area contributed by atoms with Crippen molar-refractivity contribution in [3.8, 4) is 12.3 Å². The van der Waals surface area contributed by atoms with Gasteiger partial charge in [-0.3, -0.25) is 0 Å². The van der Waals surface area contributed by atoms with E-state index in [2.05, 4.69) is 17.6 Å². The predicted molar refractivity (Wildman–Crippen MR) is 59.4 cm³/mol. The van der Waals surface area contributed by atoms with E-state index in [-0.39, 0.29) is 6.61 Å². The van der Waals surface area contributed by atoms with Crippen molar-refractivity contribution < 1.29 is 19.1 Å². The van der Waals surface area contributed by atoms with Crippen LogP contribution < -0.4 is 0 Å². The van der Waals surface area contributed by atoms with Crippen LogP contribution in [0.1, 0.15) is 26.2 Å². The maximum Gasteiger partial charge on any atom is 0.331 e. The molecule has 0 aromatic rings. The molecule has 0 aromatic heterocycles. The summed E-state index contributed by atoms with van der Waals surface area (Å²) in [5.74, 6) is 0.944.